The van der Waals surface area contributed by atoms with E-state index in [1.165, 1.54) is 0 Å². The number of nitrogens with one attached hydrogen (secondary N) is 1. The number of aryl methyl sites for hydroxylation is 1. The van der Waals surface area contributed by atoms with Gasteiger partial charge in [0.2, 0.25) is 0 Å². The number of rotatable bonds is 6. The molecule has 0 bridgehead atoms. The zero-order valence-corrected chi connectivity index (χ0v) is 14.9. The Morgan fingerprint density at radius 2 is 2.09 bits per heavy atom. The molecule has 0 aliphatic heterocycles. The van der Waals surface area contributed by atoms with Crippen LogP contribution in [0.1, 0.15) is 49.3 Å². The lowest BCUT2D eigenvalue weighted by Crippen LogP contribution is -2.38. The van der Waals surface area contributed by atoms with E-state index in [9.17, 15) is 4.79 Å². The van der Waals surface area contributed by atoms with Crippen molar-refractivity contribution >= 4 is 16.9 Å². The van der Waals surface area contributed by atoms with E-state index in [1.807, 2.05) is 31.8 Å². The number of fused-ring (bicyclic) bond motifs is 1. The molecule has 2 aromatic rings. The van der Waals surface area contributed by atoms with Crippen LogP contribution in [-0.4, -0.2) is 52.3 Å². The Morgan fingerprint density at radius 1 is 1.39 bits per heavy atom. The lowest BCUT2D eigenvalue weighted by molar-refractivity contribution is 0.0945. The first-order valence-corrected chi connectivity index (χ1v) is 8.14. The third kappa shape index (κ3) is 3.69. The van der Waals surface area contributed by atoms with Crippen molar-refractivity contribution in [2.75, 3.05) is 20.6 Å². The van der Waals surface area contributed by atoms with Crippen LogP contribution < -0.4 is 5.32 Å². The van der Waals surface area contributed by atoms with E-state index >= 15 is 0 Å². The number of likely N-dealkylation sites (N-methyl/N-ethyl adjacent to an activating group) is 1. The van der Waals surface area contributed by atoms with Crippen molar-refractivity contribution in [3.05, 3.63) is 23.5 Å². The van der Waals surface area contributed by atoms with E-state index in [-0.39, 0.29) is 18.0 Å². The van der Waals surface area contributed by atoms with Crippen LogP contribution in [0.15, 0.2) is 12.3 Å². The summed E-state index contributed by atoms with van der Waals surface area (Å²) in [4.78, 5) is 19.3. The molecular formula is C17H27N5O. The second-order valence-corrected chi connectivity index (χ2v) is 6.42. The average Bonchev–Trinajstić information content (AvgIpc) is 2.93. The summed E-state index contributed by atoms with van der Waals surface area (Å²) in [6.07, 6.45) is 2.71. The summed E-state index contributed by atoms with van der Waals surface area (Å²) in [6, 6.07) is 2.37. The van der Waals surface area contributed by atoms with Gasteiger partial charge in [-0.3, -0.25) is 4.79 Å². The highest BCUT2D eigenvalue weighted by atomic mass is 16.1. The lowest BCUT2D eigenvalue weighted by Gasteiger charge is -2.20. The van der Waals surface area contributed by atoms with Crippen molar-refractivity contribution in [2.24, 2.45) is 0 Å². The molecule has 23 heavy (non-hydrogen) atoms. The third-order valence-electron chi connectivity index (χ3n) is 4.39. The molecule has 2 unspecified atom stereocenters. The molecule has 2 rings (SSSR count). The molecule has 6 heteroatoms. The number of pyridine rings is 1. The monoisotopic (exact) mass is 317 g/mol. The Labute approximate surface area is 137 Å². The van der Waals surface area contributed by atoms with Crippen molar-refractivity contribution in [3.63, 3.8) is 0 Å². The van der Waals surface area contributed by atoms with Crippen LogP contribution in [0.2, 0.25) is 0 Å². The maximum atomic E-state index is 12.6. The number of amides is 1. The van der Waals surface area contributed by atoms with Gasteiger partial charge in [0, 0.05) is 18.3 Å². The van der Waals surface area contributed by atoms with Gasteiger partial charge in [-0.05, 0) is 47.4 Å². The van der Waals surface area contributed by atoms with E-state index < -0.39 is 0 Å². The third-order valence-corrected chi connectivity index (χ3v) is 4.39. The van der Waals surface area contributed by atoms with Crippen molar-refractivity contribution in [1.29, 1.82) is 0 Å². The molecule has 1 N–H and O–H groups in total. The average molecular weight is 317 g/mol. The van der Waals surface area contributed by atoms with Gasteiger partial charge in [0.05, 0.1) is 23.2 Å². The van der Waals surface area contributed by atoms with Gasteiger partial charge in [-0.15, -0.1) is 0 Å². The standard InChI is InChI=1S/C17H27N5O/c1-7-12(3)22-16-15(10-19-22)14(8-11(2)20-16)17(23)18-9-13(4)21(5)6/h8,10,12-13H,7,9H2,1-6H3,(H,18,23). The topological polar surface area (TPSA) is 63.1 Å². The molecule has 2 aromatic heterocycles. The van der Waals surface area contributed by atoms with E-state index in [0.717, 1.165) is 23.1 Å². The molecule has 2 heterocycles. The Hall–Kier alpha value is -1.95. The molecule has 0 saturated heterocycles. The van der Waals surface area contributed by atoms with Crippen molar-refractivity contribution in [2.45, 2.75) is 46.2 Å². The van der Waals surface area contributed by atoms with E-state index in [1.54, 1.807) is 6.20 Å². The first-order chi connectivity index (χ1) is 10.8. The highest BCUT2D eigenvalue weighted by Gasteiger charge is 2.18. The van der Waals surface area contributed by atoms with Gasteiger partial charge < -0.3 is 10.2 Å². The number of hydrogen-bond donors (Lipinski definition) is 1. The Morgan fingerprint density at radius 3 is 2.70 bits per heavy atom. The summed E-state index contributed by atoms with van der Waals surface area (Å²) in [5.74, 6) is -0.0714. The maximum Gasteiger partial charge on any atom is 0.252 e. The van der Waals surface area contributed by atoms with Gasteiger partial charge in [0.15, 0.2) is 5.65 Å². The molecule has 0 aromatic carbocycles. The fourth-order valence-electron chi connectivity index (χ4n) is 2.34. The first-order valence-electron chi connectivity index (χ1n) is 8.14. The van der Waals surface area contributed by atoms with Crippen LogP contribution in [0.4, 0.5) is 0 Å². The second kappa shape index (κ2) is 7.08. The molecule has 0 spiro atoms. The van der Waals surface area contributed by atoms with E-state index in [2.05, 4.69) is 41.1 Å². The number of hydrogen-bond acceptors (Lipinski definition) is 4. The first kappa shape index (κ1) is 17.4. The quantitative estimate of drug-likeness (QED) is 0.888. The molecule has 6 nitrogen and oxygen atoms in total. The summed E-state index contributed by atoms with van der Waals surface area (Å²) in [7, 11) is 4.00. The zero-order valence-electron chi connectivity index (χ0n) is 14.9. The van der Waals surface area contributed by atoms with Crippen LogP contribution in [0, 0.1) is 6.92 Å². The molecule has 0 saturated carbocycles. The summed E-state index contributed by atoms with van der Waals surface area (Å²) >= 11 is 0. The predicted octanol–water partition coefficient (Wildman–Crippen LogP) is 2.39. The Balaban J connectivity index is 2.33. The lowest BCUT2D eigenvalue weighted by atomic mass is 10.1. The van der Waals surface area contributed by atoms with Gasteiger partial charge in [-0.25, -0.2) is 9.67 Å². The number of nitrogens with zero attached hydrogens (tertiary/aromatic N) is 4. The second-order valence-electron chi connectivity index (χ2n) is 6.42. The van der Waals surface area contributed by atoms with E-state index in [0.29, 0.717) is 12.1 Å². The highest BCUT2D eigenvalue weighted by molar-refractivity contribution is 6.05. The van der Waals surface area contributed by atoms with Crippen LogP contribution >= 0.6 is 0 Å². The van der Waals surface area contributed by atoms with Crippen LogP contribution in [-0.2, 0) is 0 Å². The molecular weight excluding hydrogens is 290 g/mol. The minimum Gasteiger partial charge on any atom is -0.350 e. The summed E-state index contributed by atoms with van der Waals surface area (Å²) in [6.45, 7) is 8.81. The van der Waals surface area contributed by atoms with Gasteiger partial charge in [0.1, 0.15) is 0 Å². The molecule has 0 fully saturated rings. The smallest absolute Gasteiger partial charge is 0.252 e. The fourth-order valence-corrected chi connectivity index (χ4v) is 2.34. The van der Waals surface area contributed by atoms with Gasteiger partial charge >= 0.3 is 0 Å². The molecule has 0 aliphatic rings. The summed E-state index contributed by atoms with van der Waals surface area (Å²) in [5.41, 5.74) is 2.26. The van der Waals surface area contributed by atoms with Gasteiger partial charge in [-0.1, -0.05) is 6.92 Å². The van der Waals surface area contributed by atoms with Gasteiger partial charge in [0.25, 0.3) is 5.91 Å². The molecule has 0 aliphatic carbocycles. The zero-order chi connectivity index (χ0) is 17.1. The maximum absolute atomic E-state index is 12.6. The largest absolute Gasteiger partial charge is 0.350 e. The predicted molar refractivity (Wildman–Crippen MR) is 92.7 cm³/mol. The molecule has 0 radical (unpaired) electrons. The van der Waals surface area contributed by atoms with Crippen LogP contribution in [0.3, 0.4) is 0 Å². The normalized spacial score (nSPS) is 14.2. The SMILES string of the molecule is CCC(C)n1ncc2c(C(=O)NCC(C)N(C)C)cc(C)nc21. The summed E-state index contributed by atoms with van der Waals surface area (Å²) < 4.78 is 1.90. The Bertz CT molecular complexity index is 692. The molecule has 1 amide bonds. The van der Waals surface area contributed by atoms with Crippen molar-refractivity contribution in [1.82, 2.24) is 25.0 Å². The number of carbonyl (C=O) groups excluding carboxylic acids is 1. The van der Waals surface area contributed by atoms with Crippen molar-refractivity contribution in [3.8, 4) is 0 Å². The Kier molecular flexibility index (Phi) is 5.36. The minimum atomic E-state index is -0.0714. The van der Waals surface area contributed by atoms with Gasteiger partial charge in [-0.2, -0.15) is 5.10 Å². The van der Waals surface area contributed by atoms with E-state index in [4.69, 9.17) is 0 Å². The highest BCUT2D eigenvalue weighted by Crippen LogP contribution is 2.22. The van der Waals surface area contributed by atoms with Crippen molar-refractivity contribution < 1.29 is 4.79 Å². The summed E-state index contributed by atoms with van der Waals surface area (Å²) in [5, 5.41) is 8.26. The fraction of sp³-hybridized carbons (Fsp3) is 0.588. The van der Waals surface area contributed by atoms with Crippen LogP contribution in [0.5, 0.6) is 0 Å². The minimum absolute atomic E-state index is 0.0714. The van der Waals surface area contributed by atoms with Crippen LogP contribution in [0.25, 0.3) is 11.0 Å². The number of carbonyl (C=O) groups is 1. The molecule has 2 atom stereocenters. The number of aromatic nitrogens is 3. The molecule has 126 valence electrons.